The number of amides is 2. The van der Waals surface area contributed by atoms with Crippen LogP contribution >= 0.6 is 0 Å². The van der Waals surface area contributed by atoms with Gasteiger partial charge in [-0.05, 0) is 50.3 Å². The van der Waals surface area contributed by atoms with Crippen LogP contribution in [0.3, 0.4) is 0 Å². The molecule has 0 radical (unpaired) electrons. The predicted octanol–water partition coefficient (Wildman–Crippen LogP) is 2.79. The molecule has 3 aromatic rings. The molecule has 6 rings (SSSR count). The number of H-pyrrole nitrogens is 1. The van der Waals surface area contributed by atoms with Crippen molar-refractivity contribution < 1.29 is 18.7 Å². The summed E-state index contributed by atoms with van der Waals surface area (Å²) < 4.78 is 19.4. The molecule has 1 spiro atoms. The molecule has 5 heterocycles. The first-order chi connectivity index (χ1) is 18.5. The molecule has 2 saturated heterocycles. The Morgan fingerprint density at radius 1 is 1.21 bits per heavy atom. The van der Waals surface area contributed by atoms with Gasteiger partial charge < -0.3 is 19.9 Å². The van der Waals surface area contributed by atoms with E-state index in [1.54, 1.807) is 12.3 Å². The molecule has 10 nitrogen and oxygen atoms in total. The summed E-state index contributed by atoms with van der Waals surface area (Å²) >= 11 is 0. The number of rotatable bonds is 6. The van der Waals surface area contributed by atoms with Crippen molar-refractivity contribution in [3.8, 4) is 17.1 Å². The van der Waals surface area contributed by atoms with Crippen molar-refractivity contribution in [2.24, 2.45) is 5.92 Å². The van der Waals surface area contributed by atoms with Gasteiger partial charge in [0, 0.05) is 55.0 Å². The highest BCUT2D eigenvalue weighted by Gasteiger charge is 2.54. The summed E-state index contributed by atoms with van der Waals surface area (Å²) in [7, 11) is 1.45. The normalized spacial score (nSPS) is 21.9. The Morgan fingerprint density at radius 2 is 2.08 bits per heavy atom. The first kappa shape index (κ1) is 24.3. The number of hydrogen-bond acceptors (Lipinski definition) is 7. The molecule has 2 aliphatic heterocycles. The molecular weight excluding hydrogens is 489 g/mol. The highest BCUT2D eigenvalue weighted by Crippen LogP contribution is 2.50. The van der Waals surface area contributed by atoms with Crippen LogP contribution < -0.4 is 15.0 Å². The van der Waals surface area contributed by atoms with Crippen molar-refractivity contribution in [1.29, 1.82) is 0 Å². The fraction of sp³-hybridized carbons (Fsp3) is 0.444. The van der Waals surface area contributed by atoms with Crippen LogP contribution in [-0.2, 0) is 4.79 Å². The maximum atomic E-state index is 14.4. The van der Waals surface area contributed by atoms with Gasteiger partial charge in [-0.25, -0.2) is 9.37 Å². The number of halogens is 1. The average molecular weight is 520 g/mol. The van der Waals surface area contributed by atoms with Crippen LogP contribution in [0.15, 0.2) is 42.9 Å². The van der Waals surface area contributed by atoms with Crippen LogP contribution in [0.2, 0.25) is 0 Å². The van der Waals surface area contributed by atoms with Crippen LogP contribution in [-0.4, -0.2) is 75.2 Å². The molecule has 38 heavy (non-hydrogen) atoms. The SMILES string of the molecule is COc1cc(-c2cc(C(=O)N3CC[C@H](C(=O)N[C@@H]4CCN(c5cccnc5)C4)CC34CC4)[nH]n2)c(F)cn1. The second-order valence-corrected chi connectivity index (χ2v) is 10.4. The summed E-state index contributed by atoms with van der Waals surface area (Å²) in [6.07, 6.45) is 8.58. The van der Waals surface area contributed by atoms with Crippen LogP contribution in [0.5, 0.6) is 5.88 Å². The topological polar surface area (TPSA) is 116 Å². The van der Waals surface area contributed by atoms with Gasteiger partial charge in [-0.15, -0.1) is 0 Å². The number of anilines is 1. The number of ether oxygens (including phenoxy) is 1. The second kappa shape index (κ2) is 9.70. The maximum absolute atomic E-state index is 14.4. The molecule has 0 aromatic carbocycles. The van der Waals surface area contributed by atoms with E-state index in [2.05, 4.69) is 30.4 Å². The number of aromatic nitrogens is 4. The molecule has 3 aromatic heterocycles. The van der Waals surface area contributed by atoms with Gasteiger partial charge in [-0.3, -0.25) is 19.7 Å². The lowest BCUT2D eigenvalue weighted by Crippen LogP contribution is -2.52. The van der Waals surface area contributed by atoms with Crippen molar-refractivity contribution >= 4 is 17.5 Å². The number of carbonyl (C=O) groups excluding carboxylic acids is 2. The molecular formula is C27H30FN7O3. The van der Waals surface area contributed by atoms with Gasteiger partial charge in [0.1, 0.15) is 5.69 Å². The molecule has 2 amide bonds. The minimum atomic E-state index is -0.549. The van der Waals surface area contributed by atoms with Gasteiger partial charge in [-0.1, -0.05) is 0 Å². The average Bonchev–Trinajstić information content (AvgIpc) is 3.31. The number of aromatic amines is 1. The third-order valence-corrected chi connectivity index (χ3v) is 8.01. The van der Waals surface area contributed by atoms with Gasteiger partial charge >= 0.3 is 0 Å². The Labute approximate surface area is 219 Å². The van der Waals surface area contributed by atoms with Crippen LogP contribution in [0.1, 0.15) is 42.6 Å². The summed E-state index contributed by atoms with van der Waals surface area (Å²) in [5.74, 6) is -0.508. The van der Waals surface area contributed by atoms with E-state index in [0.717, 1.165) is 44.2 Å². The van der Waals surface area contributed by atoms with E-state index in [9.17, 15) is 14.0 Å². The third kappa shape index (κ3) is 4.57. The Bertz CT molecular complexity index is 1340. The Morgan fingerprint density at radius 3 is 2.84 bits per heavy atom. The Balaban J connectivity index is 1.08. The molecule has 11 heteroatoms. The molecule has 1 saturated carbocycles. The molecule has 1 aliphatic carbocycles. The fourth-order valence-corrected chi connectivity index (χ4v) is 5.77. The number of likely N-dealkylation sites (tertiary alicyclic amines) is 1. The van der Waals surface area contributed by atoms with E-state index in [4.69, 9.17) is 4.74 Å². The number of pyridine rings is 2. The van der Waals surface area contributed by atoms with Gasteiger partial charge in [0.2, 0.25) is 11.8 Å². The molecule has 3 aliphatic rings. The standard InChI is InChI=1S/C27H30FN7O3/c1-38-24-11-20(21(28)15-30-24)22-12-23(33-32-22)26(37)35-10-4-17(13-27(35)6-7-27)25(36)31-18-5-9-34(16-18)19-3-2-8-29-14-19/h2-3,8,11-12,14-15,17-18H,4-7,9-10,13,16H2,1H3,(H,31,36)(H,32,33)/t17-,18+/m0/s1. The monoisotopic (exact) mass is 519 g/mol. The summed E-state index contributed by atoms with van der Waals surface area (Å²) in [5.41, 5.74) is 1.58. The largest absolute Gasteiger partial charge is 0.481 e. The quantitative estimate of drug-likeness (QED) is 0.514. The number of hydrogen-bond donors (Lipinski definition) is 2. The third-order valence-electron chi connectivity index (χ3n) is 8.01. The van der Waals surface area contributed by atoms with Crippen molar-refractivity contribution in [1.82, 2.24) is 30.4 Å². The zero-order chi connectivity index (χ0) is 26.3. The van der Waals surface area contributed by atoms with Crippen LogP contribution in [0.4, 0.5) is 10.1 Å². The van der Waals surface area contributed by atoms with Gasteiger partial charge in [0.15, 0.2) is 5.82 Å². The van der Waals surface area contributed by atoms with Crippen molar-refractivity contribution in [2.45, 2.75) is 43.7 Å². The first-order valence-electron chi connectivity index (χ1n) is 13.0. The zero-order valence-electron chi connectivity index (χ0n) is 21.2. The highest BCUT2D eigenvalue weighted by atomic mass is 19.1. The van der Waals surface area contributed by atoms with Crippen molar-refractivity contribution in [2.75, 3.05) is 31.6 Å². The number of carbonyl (C=O) groups is 2. The molecule has 2 N–H and O–H groups in total. The lowest BCUT2D eigenvalue weighted by atomic mass is 9.87. The minimum Gasteiger partial charge on any atom is -0.481 e. The zero-order valence-corrected chi connectivity index (χ0v) is 21.2. The lowest BCUT2D eigenvalue weighted by Gasteiger charge is -2.39. The van der Waals surface area contributed by atoms with Gasteiger partial charge in [-0.2, -0.15) is 5.10 Å². The van der Waals surface area contributed by atoms with Gasteiger partial charge in [0.25, 0.3) is 5.91 Å². The Kier molecular flexibility index (Phi) is 6.21. The molecule has 0 bridgehead atoms. The minimum absolute atomic E-state index is 0.0762. The number of methoxy groups -OCH3 is 1. The Hall–Kier alpha value is -4.02. The second-order valence-electron chi connectivity index (χ2n) is 10.4. The maximum Gasteiger partial charge on any atom is 0.272 e. The van der Waals surface area contributed by atoms with E-state index in [0.29, 0.717) is 30.8 Å². The van der Waals surface area contributed by atoms with Crippen molar-refractivity contribution in [3.05, 3.63) is 54.4 Å². The highest BCUT2D eigenvalue weighted by molar-refractivity contribution is 5.94. The fourth-order valence-electron chi connectivity index (χ4n) is 5.77. The summed E-state index contributed by atoms with van der Waals surface area (Å²) in [4.78, 5) is 38.8. The molecule has 2 atom stereocenters. The summed E-state index contributed by atoms with van der Waals surface area (Å²) in [6, 6.07) is 7.07. The van der Waals surface area contributed by atoms with E-state index in [1.807, 2.05) is 23.2 Å². The van der Waals surface area contributed by atoms with E-state index >= 15 is 0 Å². The summed E-state index contributed by atoms with van der Waals surface area (Å²) in [5, 5.41) is 10.2. The number of nitrogens with one attached hydrogen (secondary N) is 2. The molecule has 198 valence electrons. The van der Waals surface area contributed by atoms with E-state index in [1.165, 1.54) is 13.2 Å². The first-order valence-corrected chi connectivity index (χ1v) is 13.0. The van der Waals surface area contributed by atoms with E-state index < -0.39 is 5.82 Å². The number of piperidine rings is 1. The molecule has 0 unspecified atom stereocenters. The molecule has 3 fully saturated rings. The van der Waals surface area contributed by atoms with E-state index in [-0.39, 0.29) is 40.8 Å². The van der Waals surface area contributed by atoms with Gasteiger partial charge in [0.05, 0.1) is 30.9 Å². The van der Waals surface area contributed by atoms with Crippen LogP contribution in [0.25, 0.3) is 11.3 Å². The predicted molar refractivity (Wildman–Crippen MR) is 137 cm³/mol. The summed E-state index contributed by atoms with van der Waals surface area (Å²) in [6.45, 7) is 2.15. The number of nitrogens with zero attached hydrogens (tertiary/aromatic N) is 5. The van der Waals surface area contributed by atoms with Crippen LogP contribution in [0, 0.1) is 11.7 Å². The van der Waals surface area contributed by atoms with Crippen molar-refractivity contribution in [3.63, 3.8) is 0 Å². The smallest absolute Gasteiger partial charge is 0.272 e. The lowest BCUT2D eigenvalue weighted by molar-refractivity contribution is -0.127.